The lowest BCUT2D eigenvalue weighted by Gasteiger charge is -2.28. The highest BCUT2D eigenvalue weighted by atomic mass is 16.2. The van der Waals surface area contributed by atoms with E-state index in [1.165, 1.54) is 0 Å². The van der Waals surface area contributed by atoms with Crippen molar-refractivity contribution in [2.75, 3.05) is 9.80 Å². The normalized spacial score (nSPS) is 17.3. The lowest BCUT2D eigenvalue weighted by atomic mass is 10.2. The molecule has 1 saturated carbocycles. The molecule has 1 amide bonds. The van der Waals surface area contributed by atoms with Gasteiger partial charge in [0.15, 0.2) is 0 Å². The zero-order valence-corrected chi connectivity index (χ0v) is 12.9. The maximum atomic E-state index is 13.1. The zero-order valence-electron chi connectivity index (χ0n) is 12.9. The second-order valence-electron chi connectivity index (χ2n) is 6.23. The summed E-state index contributed by atoms with van der Waals surface area (Å²) in [5, 5.41) is 0. The van der Waals surface area contributed by atoms with Crippen LogP contribution in [0.5, 0.6) is 0 Å². The first-order valence-electron chi connectivity index (χ1n) is 7.85. The molecular weight excluding hydrogens is 274 g/mol. The summed E-state index contributed by atoms with van der Waals surface area (Å²) in [6, 6.07) is 12.4. The molecular formula is C18H19N3O. The minimum absolute atomic E-state index is 0.0358. The van der Waals surface area contributed by atoms with Crippen molar-refractivity contribution in [1.82, 2.24) is 4.98 Å². The number of hydrogen-bond acceptors (Lipinski definition) is 3. The van der Waals surface area contributed by atoms with E-state index < -0.39 is 0 Å². The second-order valence-corrected chi connectivity index (χ2v) is 6.23. The Balaban J connectivity index is 2.01. The van der Waals surface area contributed by atoms with Gasteiger partial charge in [-0.05, 0) is 51.0 Å². The van der Waals surface area contributed by atoms with E-state index in [4.69, 9.17) is 0 Å². The predicted molar refractivity (Wildman–Crippen MR) is 87.8 cm³/mol. The Labute approximate surface area is 130 Å². The Hall–Kier alpha value is -2.36. The lowest BCUT2D eigenvalue weighted by Crippen LogP contribution is -2.36. The number of anilines is 3. The van der Waals surface area contributed by atoms with Gasteiger partial charge in [-0.2, -0.15) is 0 Å². The third kappa shape index (κ3) is 1.90. The fourth-order valence-electron chi connectivity index (χ4n) is 3.20. The van der Waals surface area contributed by atoms with Crippen molar-refractivity contribution >= 4 is 23.1 Å². The number of carbonyl (C=O) groups excluding carboxylic acids is 1. The first-order valence-corrected chi connectivity index (χ1v) is 7.85. The molecule has 1 fully saturated rings. The van der Waals surface area contributed by atoms with Gasteiger partial charge in [-0.1, -0.05) is 12.1 Å². The van der Waals surface area contributed by atoms with Crippen LogP contribution in [0.25, 0.3) is 0 Å². The van der Waals surface area contributed by atoms with Crippen LogP contribution in [0.2, 0.25) is 0 Å². The predicted octanol–water partition coefficient (Wildman–Crippen LogP) is 3.75. The number of para-hydroxylation sites is 2. The Kier molecular flexibility index (Phi) is 2.93. The molecule has 22 heavy (non-hydrogen) atoms. The van der Waals surface area contributed by atoms with E-state index in [2.05, 4.69) is 29.8 Å². The number of amides is 1. The van der Waals surface area contributed by atoms with Crippen LogP contribution in [-0.2, 0) is 0 Å². The quantitative estimate of drug-likeness (QED) is 0.846. The van der Waals surface area contributed by atoms with E-state index in [0.29, 0.717) is 11.6 Å². The summed E-state index contributed by atoms with van der Waals surface area (Å²) in [4.78, 5) is 21.8. The zero-order chi connectivity index (χ0) is 15.3. The molecule has 0 radical (unpaired) electrons. The molecule has 2 aliphatic rings. The minimum Gasteiger partial charge on any atom is -0.321 e. The smallest absolute Gasteiger partial charge is 0.262 e. The van der Waals surface area contributed by atoms with Crippen molar-refractivity contribution in [3.05, 3.63) is 48.2 Å². The highest BCUT2D eigenvalue weighted by Crippen LogP contribution is 2.45. The van der Waals surface area contributed by atoms with E-state index in [0.717, 1.165) is 30.0 Å². The second kappa shape index (κ2) is 4.83. The van der Waals surface area contributed by atoms with Crippen molar-refractivity contribution in [3.8, 4) is 0 Å². The minimum atomic E-state index is 0.0358. The van der Waals surface area contributed by atoms with Gasteiger partial charge in [-0.15, -0.1) is 0 Å². The summed E-state index contributed by atoms with van der Waals surface area (Å²) in [7, 11) is 0. The molecule has 4 heteroatoms. The molecule has 0 saturated heterocycles. The van der Waals surface area contributed by atoms with Crippen molar-refractivity contribution in [3.63, 3.8) is 0 Å². The summed E-state index contributed by atoms with van der Waals surface area (Å²) < 4.78 is 0. The Morgan fingerprint density at radius 3 is 2.50 bits per heavy atom. The molecule has 1 aliphatic carbocycles. The molecule has 2 aromatic rings. The van der Waals surface area contributed by atoms with Crippen LogP contribution >= 0.6 is 0 Å². The van der Waals surface area contributed by atoms with Gasteiger partial charge in [0, 0.05) is 18.3 Å². The Bertz CT molecular complexity index is 737. The summed E-state index contributed by atoms with van der Waals surface area (Å²) >= 11 is 0. The highest BCUT2D eigenvalue weighted by Gasteiger charge is 2.39. The summed E-state index contributed by atoms with van der Waals surface area (Å²) in [6.45, 7) is 4.11. The monoisotopic (exact) mass is 293 g/mol. The lowest BCUT2D eigenvalue weighted by molar-refractivity contribution is 0.0981. The molecule has 1 aromatic carbocycles. The van der Waals surface area contributed by atoms with Gasteiger partial charge in [-0.3, -0.25) is 4.79 Å². The molecule has 0 N–H and O–H groups in total. The highest BCUT2D eigenvalue weighted by molar-refractivity contribution is 6.13. The molecule has 1 aliphatic heterocycles. The molecule has 0 unspecified atom stereocenters. The third-order valence-corrected chi connectivity index (χ3v) is 4.29. The number of fused-ring (bicyclic) bond motifs is 2. The fourth-order valence-corrected chi connectivity index (χ4v) is 3.20. The van der Waals surface area contributed by atoms with Crippen LogP contribution in [0.1, 0.15) is 37.0 Å². The molecule has 0 bridgehead atoms. The van der Waals surface area contributed by atoms with Crippen molar-refractivity contribution in [1.29, 1.82) is 0 Å². The van der Waals surface area contributed by atoms with Gasteiger partial charge in [0.1, 0.15) is 5.82 Å². The van der Waals surface area contributed by atoms with Crippen LogP contribution in [0.15, 0.2) is 42.6 Å². The molecule has 0 spiro atoms. The third-order valence-electron chi connectivity index (χ3n) is 4.29. The number of benzene rings is 1. The Morgan fingerprint density at radius 1 is 1.09 bits per heavy atom. The van der Waals surface area contributed by atoms with Gasteiger partial charge < -0.3 is 9.80 Å². The standard InChI is InChI=1S/C18H19N3O/c1-12(2)20-15-7-3-4-8-16(15)21(13-9-10-13)17-14(18(20)22)6-5-11-19-17/h3-8,11-13H,9-10H2,1-2H3. The van der Waals surface area contributed by atoms with Crippen LogP contribution < -0.4 is 9.80 Å². The van der Waals surface area contributed by atoms with Crippen LogP contribution in [-0.4, -0.2) is 23.0 Å². The van der Waals surface area contributed by atoms with E-state index >= 15 is 0 Å². The molecule has 4 rings (SSSR count). The number of aromatic nitrogens is 1. The van der Waals surface area contributed by atoms with Crippen molar-refractivity contribution in [2.45, 2.75) is 38.8 Å². The van der Waals surface area contributed by atoms with E-state index in [-0.39, 0.29) is 11.9 Å². The van der Waals surface area contributed by atoms with Crippen LogP contribution in [0.3, 0.4) is 0 Å². The summed E-state index contributed by atoms with van der Waals surface area (Å²) in [5.41, 5.74) is 2.76. The van der Waals surface area contributed by atoms with Crippen molar-refractivity contribution in [2.24, 2.45) is 0 Å². The van der Waals surface area contributed by atoms with Gasteiger partial charge in [0.25, 0.3) is 5.91 Å². The number of rotatable bonds is 2. The van der Waals surface area contributed by atoms with Gasteiger partial charge >= 0.3 is 0 Å². The maximum Gasteiger partial charge on any atom is 0.262 e. The number of carbonyl (C=O) groups is 1. The van der Waals surface area contributed by atoms with Gasteiger partial charge in [0.05, 0.1) is 16.9 Å². The topological polar surface area (TPSA) is 36.4 Å². The van der Waals surface area contributed by atoms with Crippen molar-refractivity contribution < 1.29 is 4.79 Å². The first kappa shape index (κ1) is 13.3. The average molecular weight is 293 g/mol. The number of pyridine rings is 1. The van der Waals surface area contributed by atoms with Gasteiger partial charge in [-0.25, -0.2) is 4.98 Å². The largest absolute Gasteiger partial charge is 0.321 e. The molecule has 2 heterocycles. The maximum absolute atomic E-state index is 13.1. The molecule has 4 nitrogen and oxygen atoms in total. The molecule has 1 aromatic heterocycles. The van der Waals surface area contributed by atoms with E-state index in [9.17, 15) is 4.79 Å². The Morgan fingerprint density at radius 2 is 1.82 bits per heavy atom. The van der Waals surface area contributed by atoms with E-state index in [1.54, 1.807) is 6.20 Å². The summed E-state index contributed by atoms with van der Waals surface area (Å²) in [5.74, 6) is 0.833. The number of nitrogens with zero attached hydrogens (tertiary/aromatic N) is 3. The summed E-state index contributed by atoms with van der Waals surface area (Å²) in [6.07, 6.45) is 4.08. The SMILES string of the molecule is CC(C)N1C(=O)c2cccnc2N(C2CC2)c2ccccc21. The van der Waals surface area contributed by atoms with Crippen LogP contribution in [0, 0.1) is 0 Å². The van der Waals surface area contributed by atoms with Gasteiger partial charge in [0.2, 0.25) is 0 Å². The average Bonchev–Trinajstić information content (AvgIpc) is 3.34. The molecule has 112 valence electrons. The first-order chi connectivity index (χ1) is 10.7. The van der Waals surface area contributed by atoms with Crippen LogP contribution in [0.4, 0.5) is 17.2 Å². The number of hydrogen-bond donors (Lipinski definition) is 0. The fraction of sp³-hybridized carbons (Fsp3) is 0.333. The molecule has 0 atom stereocenters. The van der Waals surface area contributed by atoms with E-state index in [1.807, 2.05) is 35.2 Å².